The number of carbonyl (C=O) groups excluding carboxylic acids is 2. The first kappa shape index (κ1) is 14.3. The Bertz CT molecular complexity index is 651. The number of carbonyl (C=O) groups is 2. The van der Waals surface area contributed by atoms with Crippen molar-refractivity contribution < 1.29 is 14.3 Å². The lowest BCUT2D eigenvalue weighted by Gasteiger charge is -2.18. The number of anilines is 1. The molecule has 0 saturated carbocycles. The summed E-state index contributed by atoms with van der Waals surface area (Å²) in [4.78, 5) is 25.7. The number of rotatable bonds is 4. The molecule has 1 heterocycles. The standard InChI is InChI=1S/C14H16N2O3S/c1-3-16(8-13(17)19-2)14(18)12-7-9-6-10(15)4-5-11(9)20-12/h4-7H,3,8,15H2,1-2H3. The number of fused-ring (bicyclic) bond motifs is 1. The summed E-state index contributed by atoms with van der Waals surface area (Å²) in [6.07, 6.45) is 0. The molecule has 2 aromatic rings. The molecule has 6 heteroatoms. The summed E-state index contributed by atoms with van der Waals surface area (Å²) in [5, 5.41) is 0.937. The highest BCUT2D eigenvalue weighted by molar-refractivity contribution is 7.20. The molecule has 0 aliphatic heterocycles. The normalized spacial score (nSPS) is 10.5. The van der Waals surface area contributed by atoms with Gasteiger partial charge in [-0.3, -0.25) is 9.59 Å². The summed E-state index contributed by atoms with van der Waals surface area (Å²) >= 11 is 1.39. The maximum absolute atomic E-state index is 12.4. The molecule has 20 heavy (non-hydrogen) atoms. The van der Waals surface area contributed by atoms with E-state index >= 15 is 0 Å². The number of nitrogens with zero attached hydrogens (tertiary/aromatic N) is 1. The Morgan fingerprint density at radius 3 is 2.75 bits per heavy atom. The maximum atomic E-state index is 12.4. The third-order valence-electron chi connectivity index (χ3n) is 2.97. The number of likely N-dealkylation sites (N-methyl/N-ethyl adjacent to an activating group) is 1. The van der Waals surface area contributed by atoms with Crippen molar-refractivity contribution in [3.05, 3.63) is 29.1 Å². The average molecular weight is 292 g/mol. The van der Waals surface area contributed by atoms with Gasteiger partial charge < -0.3 is 15.4 Å². The van der Waals surface area contributed by atoms with Gasteiger partial charge in [-0.2, -0.15) is 0 Å². The molecule has 0 radical (unpaired) electrons. The largest absolute Gasteiger partial charge is 0.468 e. The lowest BCUT2D eigenvalue weighted by molar-refractivity contribution is -0.141. The topological polar surface area (TPSA) is 72.6 Å². The molecule has 0 fully saturated rings. The summed E-state index contributed by atoms with van der Waals surface area (Å²) in [6.45, 7) is 2.23. The van der Waals surface area contributed by atoms with Gasteiger partial charge in [0, 0.05) is 16.9 Å². The van der Waals surface area contributed by atoms with Crippen LogP contribution in [0.25, 0.3) is 10.1 Å². The number of hydrogen-bond donors (Lipinski definition) is 1. The Morgan fingerprint density at radius 2 is 2.10 bits per heavy atom. The van der Waals surface area contributed by atoms with Crippen molar-refractivity contribution in [3.63, 3.8) is 0 Å². The van der Waals surface area contributed by atoms with Crippen LogP contribution < -0.4 is 5.73 Å². The molecule has 0 aliphatic carbocycles. The van der Waals surface area contributed by atoms with Gasteiger partial charge in [0.15, 0.2) is 0 Å². The number of benzene rings is 1. The molecule has 0 spiro atoms. The molecule has 0 aliphatic rings. The van der Waals surface area contributed by atoms with Gasteiger partial charge in [-0.15, -0.1) is 11.3 Å². The highest BCUT2D eigenvalue weighted by atomic mass is 32.1. The van der Waals surface area contributed by atoms with Crippen LogP contribution in [0.2, 0.25) is 0 Å². The lowest BCUT2D eigenvalue weighted by atomic mass is 10.2. The molecule has 0 saturated heterocycles. The first-order valence-corrected chi connectivity index (χ1v) is 7.02. The van der Waals surface area contributed by atoms with E-state index in [1.807, 2.05) is 19.1 Å². The second-order valence-electron chi connectivity index (χ2n) is 4.30. The fourth-order valence-electron chi connectivity index (χ4n) is 1.87. The second kappa shape index (κ2) is 5.92. The molecule has 1 aromatic carbocycles. The molecule has 5 nitrogen and oxygen atoms in total. The minimum atomic E-state index is -0.425. The number of methoxy groups -OCH3 is 1. The Labute approximate surface area is 120 Å². The monoisotopic (exact) mass is 292 g/mol. The Balaban J connectivity index is 2.27. The van der Waals surface area contributed by atoms with Gasteiger partial charge in [-0.25, -0.2) is 0 Å². The Morgan fingerprint density at radius 1 is 1.35 bits per heavy atom. The highest BCUT2D eigenvalue weighted by Crippen LogP contribution is 2.28. The van der Waals surface area contributed by atoms with Crippen LogP contribution in [0.5, 0.6) is 0 Å². The van der Waals surface area contributed by atoms with Gasteiger partial charge in [-0.1, -0.05) is 0 Å². The molecule has 0 atom stereocenters. The first-order valence-electron chi connectivity index (χ1n) is 6.20. The van der Waals surface area contributed by atoms with E-state index in [9.17, 15) is 9.59 Å². The van der Waals surface area contributed by atoms with Crippen LogP contribution in [0, 0.1) is 0 Å². The van der Waals surface area contributed by atoms with E-state index in [1.54, 1.807) is 12.1 Å². The molecular formula is C14H16N2O3S. The van der Waals surface area contributed by atoms with E-state index in [2.05, 4.69) is 4.74 Å². The molecule has 2 rings (SSSR count). The predicted molar refractivity (Wildman–Crippen MR) is 79.8 cm³/mol. The van der Waals surface area contributed by atoms with Crippen LogP contribution in [-0.4, -0.2) is 37.0 Å². The fourth-order valence-corrected chi connectivity index (χ4v) is 2.88. The second-order valence-corrected chi connectivity index (χ2v) is 5.39. The third kappa shape index (κ3) is 2.91. The van der Waals surface area contributed by atoms with Gasteiger partial charge in [0.25, 0.3) is 5.91 Å². The van der Waals surface area contributed by atoms with Crippen molar-refractivity contribution in [2.24, 2.45) is 0 Å². The molecule has 1 aromatic heterocycles. The summed E-state index contributed by atoms with van der Waals surface area (Å²) in [7, 11) is 1.31. The molecule has 2 N–H and O–H groups in total. The minimum absolute atomic E-state index is 0.0395. The van der Waals surface area contributed by atoms with E-state index in [0.29, 0.717) is 17.1 Å². The van der Waals surface area contributed by atoms with Crippen molar-refractivity contribution in [2.45, 2.75) is 6.92 Å². The van der Waals surface area contributed by atoms with E-state index in [0.717, 1.165) is 10.1 Å². The summed E-state index contributed by atoms with van der Waals surface area (Å²) in [6, 6.07) is 7.33. The molecule has 106 valence electrons. The number of hydrogen-bond acceptors (Lipinski definition) is 5. The molecule has 1 amide bonds. The molecule has 0 bridgehead atoms. The van der Waals surface area contributed by atoms with Gasteiger partial charge in [-0.05, 0) is 36.6 Å². The van der Waals surface area contributed by atoms with Crippen LogP contribution >= 0.6 is 11.3 Å². The number of thiophene rings is 1. The Hall–Kier alpha value is -2.08. The summed E-state index contributed by atoms with van der Waals surface area (Å²) in [5.74, 6) is -0.594. The lowest BCUT2D eigenvalue weighted by Crippen LogP contribution is -2.35. The number of nitrogen functional groups attached to an aromatic ring is 1. The van der Waals surface area contributed by atoms with E-state index in [4.69, 9.17) is 5.73 Å². The smallest absolute Gasteiger partial charge is 0.325 e. The number of ether oxygens (including phenoxy) is 1. The first-order chi connectivity index (χ1) is 9.55. The van der Waals surface area contributed by atoms with Crippen molar-refractivity contribution >= 4 is 39.0 Å². The zero-order valence-corrected chi connectivity index (χ0v) is 12.2. The molecule has 0 unspecified atom stereocenters. The van der Waals surface area contributed by atoms with Crippen LogP contribution in [0.15, 0.2) is 24.3 Å². The van der Waals surface area contributed by atoms with Crippen molar-refractivity contribution in [1.82, 2.24) is 4.90 Å². The minimum Gasteiger partial charge on any atom is -0.468 e. The van der Waals surface area contributed by atoms with E-state index in [1.165, 1.54) is 23.3 Å². The maximum Gasteiger partial charge on any atom is 0.325 e. The van der Waals surface area contributed by atoms with Crippen LogP contribution in [0.1, 0.15) is 16.6 Å². The van der Waals surface area contributed by atoms with Crippen LogP contribution in [0.3, 0.4) is 0 Å². The van der Waals surface area contributed by atoms with Crippen LogP contribution in [0.4, 0.5) is 5.69 Å². The SMILES string of the molecule is CCN(CC(=O)OC)C(=O)c1cc2cc(N)ccc2s1. The fraction of sp³-hybridized carbons (Fsp3) is 0.286. The average Bonchev–Trinajstić information content (AvgIpc) is 2.86. The van der Waals surface area contributed by atoms with Gasteiger partial charge >= 0.3 is 5.97 Å². The van der Waals surface area contributed by atoms with Gasteiger partial charge in [0.1, 0.15) is 6.54 Å². The van der Waals surface area contributed by atoms with Gasteiger partial charge in [0.2, 0.25) is 0 Å². The zero-order chi connectivity index (χ0) is 14.7. The summed E-state index contributed by atoms with van der Waals surface area (Å²) < 4.78 is 5.59. The quantitative estimate of drug-likeness (QED) is 0.692. The number of esters is 1. The van der Waals surface area contributed by atoms with Crippen LogP contribution in [-0.2, 0) is 9.53 Å². The number of nitrogens with two attached hydrogens (primary N) is 1. The number of amides is 1. The highest BCUT2D eigenvalue weighted by Gasteiger charge is 2.19. The predicted octanol–water partition coefficient (Wildman–Crippen LogP) is 2.12. The van der Waals surface area contributed by atoms with Crippen molar-refractivity contribution in [3.8, 4) is 0 Å². The molecular weight excluding hydrogens is 276 g/mol. The van der Waals surface area contributed by atoms with Crippen molar-refractivity contribution in [2.75, 3.05) is 25.9 Å². The van der Waals surface area contributed by atoms with Crippen molar-refractivity contribution in [1.29, 1.82) is 0 Å². The third-order valence-corrected chi connectivity index (χ3v) is 4.07. The van der Waals surface area contributed by atoms with E-state index < -0.39 is 5.97 Å². The summed E-state index contributed by atoms with van der Waals surface area (Å²) in [5.41, 5.74) is 6.39. The van der Waals surface area contributed by atoms with E-state index in [-0.39, 0.29) is 12.5 Å². The van der Waals surface area contributed by atoms with Gasteiger partial charge in [0.05, 0.1) is 12.0 Å². The Kier molecular flexibility index (Phi) is 4.24. The zero-order valence-electron chi connectivity index (χ0n) is 11.4.